The Bertz CT molecular complexity index is 747. The van der Waals surface area contributed by atoms with Crippen LogP contribution in [0.5, 0.6) is 0 Å². The van der Waals surface area contributed by atoms with E-state index in [9.17, 15) is 18.0 Å². The minimum atomic E-state index is -3.58. The molecule has 0 heterocycles. The van der Waals surface area contributed by atoms with Gasteiger partial charge in [0, 0.05) is 25.8 Å². The van der Waals surface area contributed by atoms with Crippen LogP contribution in [0.1, 0.15) is 20.8 Å². The molecule has 146 valence electrons. The molecule has 0 bridgehead atoms. The minimum absolute atomic E-state index is 0.0424. The number of benzene rings is 1. The maximum absolute atomic E-state index is 12.4. The van der Waals surface area contributed by atoms with Crippen LogP contribution in [0.15, 0.2) is 29.2 Å². The summed E-state index contributed by atoms with van der Waals surface area (Å²) in [5.41, 5.74) is 0.393. The standard InChI is InChI=1S/C17H28N4O4S/c1-12(2)18-16(22)11-21(6)13(3)17(23)19-14-8-7-9-15(10-14)26(24,25)20(4)5/h7-10,12-13H,11H2,1-6H3,(H,18,22)(H,19,23)/p+1/t13-/m1/s1. The minimum Gasteiger partial charge on any atom is -0.349 e. The molecule has 1 aromatic rings. The molecule has 3 N–H and O–H groups in total. The Balaban J connectivity index is 2.80. The van der Waals surface area contributed by atoms with Gasteiger partial charge in [-0.1, -0.05) is 6.07 Å². The number of sulfonamides is 1. The number of quaternary nitrogens is 1. The smallest absolute Gasteiger partial charge is 0.282 e. The highest BCUT2D eigenvalue weighted by molar-refractivity contribution is 7.89. The summed E-state index contributed by atoms with van der Waals surface area (Å²) >= 11 is 0. The molecule has 1 unspecified atom stereocenters. The summed E-state index contributed by atoms with van der Waals surface area (Å²) in [6.07, 6.45) is 0. The molecule has 0 aliphatic rings. The van der Waals surface area contributed by atoms with E-state index in [-0.39, 0.29) is 29.3 Å². The van der Waals surface area contributed by atoms with Gasteiger partial charge in [-0.2, -0.15) is 0 Å². The molecule has 0 aliphatic heterocycles. The second kappa shape index (κ2) is 9.11. The Morgan fingerprint density at radius 3 is 2.35 bits per heavy atom. The first-order chi connectivity index (χ1) is 11.9. The predicted molar refractivity (Wildman–Crippen MR) is 100 cm³/mol. The van der Waals surface area contributed by atoms with Gasteiger partial charge in [0.1, 0.15) is 0 Å². The van der Waals surface area contributed by atoms with Crippen LogP contribution < -0.4 is 15.5 Å². The number of carbonyl (C=O) groups is 2. The molecule has 0 saturated heterocycles. The molecular formula is C17H29N4O4S+. The third-order valence-corrected chi connectivity index (χ3v) is 5.71. The second-order valence-corrected chi connectivity index (χ2v) is 8.92. The lowest BCUT2D eigenvalue weighted by molar-refractivity contribution is -0.885. The molecule has 2 atom stereocenters. The average molecular weight is 386 g/mol. The zero-order chi connectivity index (χ0) is 20.1. The van der Waals surface area contributed by atoms with Crippen molar-refractivity contribution >= 4 is 27.5 Å². The predicted octanol–water partition coefficient (Wildman–Crippen LogP) is -0.697. The van der Waals surface area contributed by atoms with E-state index in [1.54, 1.807) is 26.1 Å². The van der Waals surface area contributed by atoms with Crippen LogP contribution in [-0.4, -0.2) is 64.3 Å². The molecule has 0 spiro atoms. The number of rotatable bonds is 8. The number of hydrogen-bond acceptors (Lipinski definition) is 4. The van der Waals surface area contributed by atoms with Gasteiger partial charge >= 0.3 is 0 Å². The highest BCUT2D eigenvalue weighted by Gasteiger charge is 2.25. The molecule has 26 heavy (non-hydrogen) atoms. The van der Waals surface area contributed by atoms with Crippen LogP contribution in [0.3, 0.4) is 0 Å². The largest absolute Gasteiger partial charge is 0.349 e. The van der Waals surface area contributed by atoms with Crippen LogP contribution in [0, 0.1) is 0 Å². The number of carbonyl (C=O) groups excluding carboxylic acids is 2. The van der Waals surface area contributed by atoms with Crippen molar-refractivity contribution in [2.75, 3.05) is 33.0 Å². The van der Waals surface area contributed by atoms with Gasteiger partial charge in [-0.05, 0) is 39.0 Å². The molecule has 0 fully saturated rings. The normalized spacial score (nSPS) is 14.2. The van der Waals surface area contributed by atoms with Crippen molar-refractivity contribution < 1.29 is 22.9 Å². The lowest BCUT2D eigenvalue weighted by Crippen LogP contribution is -3.15. The van der Waals surface area contributed by atoms with Crippen LogP contribution in [0.25, 0.3) is 0 Å². The lowest BCUT2D eigenvalue weighted by atomic mass is 10.2. The first-order valence-electron chi connectivity index (χ1n) is 8.40. The molecule has 9 heteroatoms. The third kappa shape index (κ3) is 6.08. The van der Waals surface area contributed by atoms with Crippen LogP contribution in [0.4, 0.5) is 5.69 Å². The van der Waals surface area contributed by atoms with Gasteiger partial charge in [-0.15, -0.1) is 0 Å². The Morgan fingerprint density at radius 2 is 1.81 bits per heavy atom. The molecule has 0 radical (unpaired) electrons. The van der Waals surface area contributed by atoms with Crippen molar-refractivity contribution in [3.63, 3.8) is 0 Å². The maximum atomic E-state index is 12.4. The second-order valence-electron chi connectivity index (χ2n) is 6.77. The lowest BCUT2D eigenvalue weighted by Gasteiger charge is -2.21. The highest BCUT2D eigenvalue weighted by atomic mass is 32.2. The van der Waals surface area contributed by atoms with Crippen molar-refractivity contribution in [3.05, 3.63) is 24.3 Å². The van der Waals surface area contributed by atoms with Gasteiger partial charge in [-0.3, -0.25) is 9.59 Å². The van der Waals surface area contributed by atoms with Crippen molar-refractivity contribution in [3.8, 4) is 0 Å². The molecule has 0 saturated carbocycles. The van der Waals surface area contributed by atoms with E-state index in [0.717, 1.165) is 9.21 Å². The summed E-state index contributed by atoms with van der Waals surface area (Å²) in [6.45, 7) is 5.63. The SMILES string of the molecule is CC(C)NC(=O)C[NH+](C)[C@H](C)C(=O)Nc1cccc(S(=O)(=O)N(C)C)c1. The van der Waals surface area contributed by atoms with Crippen molar-refractivity contribution in [2.24, 2.45) is 0 Å². The fourth-order valence-corrected chi connectivity index (χ4v) is 3.15. The molecular weight excluding hydrogens is 356 g/mol. The maximum Gasteiger partial charge on any atom is 0.282 e. The van der Waals surface area contributed by atoms with Gasteiger partial charge in [0.05, 0.1) is 11.9 Å². The Morgan fingerprint density at radius 1 is 1.19 bits per heavy atom. The molecule has 0 aliphatic carbocycles. The summed E-state index contributed by atoms with van der Waals surface area (Å²) in [5.74, 6) is -0.421. The first kappa shape index (κ1) is 22.1. The van der Waals surface area contributed by atoms with Crippen LogP contribution in [0.2, 0.25) is 0 Å². The molecule has 0 aromatic heterocycles. The van der Waals surface area contributed by atoms with E-state index < -0.39 is 16.1 Å². The number of amides is 2. The van der Waals surface area contributed by atoms with Gasteiger partial charge in [0.2, 0.25) is 10.0 Å². The first-order valence-corrected chi connectivity index (χ1v) is 9.84. The van der Waals surface area contributed by atoms with E-state index in [0.29, 0.717) is 5.69 Å². The van der Waals surface area contributed by atoms with E-state index in [1.807, 2.05) is 13.8 Å². The quantitative estimate of drug-likeness (QED) is 0.551. The number of anilines is 1. The number of likely N-dealkylation sites (N-methyl/N-ethyl adjacent to an activating group) is 1. The van der Waals surface area contributed by atoms with Gasteiger partial charge < -0.3 is 15.5 Å². The summed E-state index contributed by atoms with van der Waals surface area (Å²) < 4.78 is 25.5. The van der Waals surface area contributed by atoms with E-state index in [1.165, 1.54) is 26.2 Å². The van der Waals surface area contributed by atoms with E-state index >= 15 is 0 Å². The average Bonchev–Trinajstić information content (AvgIpc) is 2.53. The van der Waals surface area contributed by atoms with Crippen molar-refractivity contribution in [2.45, 2.75) is 37.8 Å². The van der Waals surface area contributed by atoms with E-state index in [4.69, 9.17) is 0 Å². The summed E-state index contributed by atoms with van der Waals surface area (Å²) in [5, 5.41) is 5.50. The Labute approximate surface area is 155 Å². The van der Waals surface area contributed by atoms with Crippen molar-refractivity contribution in [1.29, 1.82) is 0 Å². The third-order valence-electron chi connectivity index (χ3n) is 3.90. The summed E-state index contributed by atoms with van der Waals surface area (Å²) in [6, 6.07) is 5.65. The van der Waals surface area contributed by atoms with Crippen LogP contribution in [-0.2, 0) is 19.6 Å². The van der Waals surface area contributed by atoms with Gasteiger partial charge in [0.15, 0.2) is 12.6 Å². The summed E-state index contributed by atoms with van der Waals surface area (Å²) in [4.78, 5) is 25.1. The fraction of sp³-hybridized carbons (Fsp3) is 0.529. The zero-order valence-corrected chi connectivity index (χ0v) is 17.0. The van der Waals surface area contributed by atoms with Gasteiger partial charge in [-0.25, -0.2) is 12.7 Å². The van der Waals surface area contributed by atoms with E-state index in [2.05, 4.69) is 10.6 Å². The molecule has 1 rings (SSSR count). The fourth-order valence-electron chi connectivity index (χ4n) is 2.20. The highest BCUT2D eigenvalue weighted by Crippen LogP contribution is 2.17. The Hall–Kier alpha value is -1.97. The summed E-state index contributed by atoms with van der Waals surface area (Å²) in [7, 11) is 1.08. The van der Waals surface area contributed by atoms with Crippen LogP contribution >= 0.6 is 0 Å². The monoisotopic (exact) mass is 385 g/mol. The molecule has 8 nitrogen and oxygen atoms in total. The molecule has 2 amide bonds. The molecule has 1 aromatic carbocycles. The number of nitrogens with zero attached hydrogens (tertiary/aromatic N) is 1. The number of nitrogens with one attached hydrogen (secondary N) is 3. The van der Waals surface area contributed by atoms with Gasteiger partial charge in [0.25, 0.3) is 11.8 Å². The Kier molecular flexibility index (Phi) is 7.73. The number of hydrogen-bond donors (Lipinski definition) is 3. The van der Waals surface area contributed by atoms with Crippen molar-refractivity contribution in [1.82, 2.24) is 9.62 Å². The topological polar surface area (TPSA) is 100 Å². The zero-order valence-electron chi connectivity index (χ0n) is 16.2.